The number of halogens is 3. The van der Waals surface area contributed by atoms with E-state index in [1.54, 1.807) is 30.3 Å². The highest BCUT2D eigenvalue weighted by atomic mass is 32.2. The lowest BCUT2D eigenvalue weighted by molar-refractivity contribution is -0.147. The van der Waals surface area contributed by atoms with Gasteiger partial charge in [0.05, 0.1) is 15.9 Å². The van der Waals surface area contributed by atoms with Crippen LogP contribution in [0, 0.1) is 5.92 Å². The number of piperidine rings is 1. The number of sulfonamides is 1. The Morgan fingerprint density at radius 3 is 2.42 bits per heavy atom. The van der Waals surface area contributed by atoms with Gasteiger partial charge < -0.3 is 14.0 Å². The molecule has 2 aliphatic heterocycles. The molecule has 1 saturated heterocycles. The van der Waals surface area contributed by atoms with Crippen LogP contribution in [0.5, 0.6) is 11.5 Å². The lowest BCUT2D eigenvalue weighted by Gasteiger charge is -2.32. The Bertz CT molecular complexity index is 1280. The minimum absolute atomic E-state index is 0.101. The molecule has 0 aliphatic carbocycles. The largest absolute Gasteiger partial charge is 0.486 e. The zero-order chi connectivity index (χ0) is 23.2. The van der Waals surface area contributed by atoms with Crippen molar-refractivity contribution in [3.63, 3.8) is 0 Å². The van der Waals surface area contributed by atoms with Gasteiger partial charge in [-0.05, 0) is 43.0 Å². The van der Waals surface area contributed by atoms with Gasteiger partial charge in [-0.15, -0.1) is 0 Å². The fourth-order valence-corrected chi connectivity index (χ4v) is 5.89. The molecule has 2 aromatic carbocycles. The summed E-state index contributed by atoms with van der Waals surface area (Å²) in [7, 11) is -3.75. The third-order valence-corrected chi connectivity index (χ3v) is 7.97. The van der Waals surface area contributed by atoms with Crippen LogP contribution in [0.1, 0.15) is 18.7 Å². The summed E-state index contributed by atoms with van der Waals surface area (Å²) < 4.78 is 80.5. The van der Waals surface area contributed by atoms with E-state index in [9.17, 15) is 21.6 Å². The zero-order valence-electron chi connectivity index (χ0n) is 17.6. The number of imidazole rings is 1. The number of aromatic nitrogens is 2. The quantitative estimate of drug-likeness (QED) is 0.565. The number of benzene rings is 2. The van der Waals surface area contributed by atoms with Gasteiger partial charge in [-0.25, -0.2) is 13.4 Å². The maximum absolute atomic E-state index is 13.6. The van der Waals surface area contributed by atoms with Crippen molar-refractivity contribution in [3.05, 3.63) is 48.3 Å². The van der Waals surface area contributed by atoms with Crippen LogP contribution in [-0.2, 0) is 22.7 Å². The number of rotatable bonds is 4. The van der Waals surface area contributed by atoms with E-state index in [0.29, 0.717) is 48.6 Å². The van der Waals surface area contributed by atoms with Crippen molar-refractivity contribution >= 4 is 21.1 Å². The lowest BCUT2D eigenvalue weighted by atomic mass is 9.98. The van der Waals surface area contributed by atoms with Crippen molar-refractivity contribution in [3.8, 4) is 11.5 Å². The van der Waals surface area contributed by atoms with E-state index in [2.05, 4.69) is 4.98 Å². The highest BCUT2D eigenvalue weighted by molar-refractivity contribution is 7.89. The van der Waals surface area contributed by atoms with Crippen LogP contribution < -0.4 is 9.47 Å². The molecule has 0 atom stereocenters. The zero-order valence-corrected chi connectivity index (χ0v) is 18.4. The highest BCUT2D eigenvalue weighted by Crippen LogP contribution is 2.35. The monoisotopic (exact) mass is 481 g/mol. The number of para-hydroxylation sites is 2. The number of alkyl halides is 3. The van der Waals surface area contributed by atoms with Crippen molar-refractivity contribution in [2.45, 2.75) is 30.5 Å². The van der Waals surface area contributed by atoms with Crippen molar-refractivity contribution in [2.24, 2.45) is 5.92 Å². The van der Waals surface area contributed by atoms with Crippen LogP contribution in [0.2, 0.25) is 0 Å². The molecule has 0 amide bonds. The minimum Gasteiger partial charge on any atom is -0.486 e. The van der Waals surface area contributed by atoms with E-state index in [1.807, 2.05) is 0 Å². The molecular formula is C22H22F3N3O4S. The van der Waals surface area contributed by atoms with E-state index in [-0.39, 0.29) is 30.4 Å². The van der Waals surface area contributed by atoms with E-state index in [1.165, 1.54) is 21.0 Å². The van der Waals surface area contributed by atoms with Gasteiger partial charge >= 0.3 is 6.18 Å². The summed E-state index contributed by atoms with van der Waals surface area (Å²) in [5, 5.41) is 0. The first-order valence-corrected chi connectivity index (χ1v) is 12.1. The van der Waals surface area contributed by atoms with Gasteiger partial charge in [0, 0.05) is 25.7 Å². The van der Waals surface area contributed by atoms with Crippen molar-refractivity contribution in [1.82, 2.24) is 13.9 Å². The summed E-state index contributed by atoms with van der Waals surface area (Å²) in [4.78, 5) is 3.90. The summed E-state index contributed by atoms with van der Waals surface area (Å²) in [5.41, 5.74) is 0.722. The molecular weight excluding hydrogens is 459 g/mol. The summed E-state index contributed by atoms with van der Waals surface area (Å²) >= 11 is 0. The molecule has 33 heavy (non-hydrogen) atoms. The highest BCUT2D eigenvalue weighted by Gasteiger charge is 2.38. The van der Waals surface area contributed by atoms with Gasteiger partial charge in [-0.1, -0.05) is 12.1 Å². The molecule has 0 N–H and O–H groups in total. The van der Waals surface area contributed by atoms with E-state index in [0.717, 1.165) is 0 Å². The Morgan fingerprint density at radius 2 is 1.70 bits per heavy atom. The van der Waals surface area contributed by atoms with Gasteiger partial charge in [0.15, 0.2) is 11.5 Å². The average molecular weight is 481 g/mol. The molecule has 1 aromatic heterocycles. The predicted molar refractivity (Wildman–Crippen MR) is 114 cm³/mol. The first kappa shape index (κ1) is 22.0. The molecule has 0 radical (unpaired) electrons. The van der Waals surface area contributed by atoms with Gasteiger partial charge in [0.1, 0.15) is 13.2 Å². The van der Waals surface area contributed by atoms with Crippen LogP contribution in [0.25, 0.3) is 11.0 Å². The molecule has 7 nitrogen and oxygen atoms in total. The Hall–Kier alpha value is -2.79. The van der Waals surface area contributed by atoms with Gasteiger partial charge in [0.25, 0.3) is 0 Å². The number of ether oxygens (including phenoxy) is 2. The Labute approximate surface area is 188 Å². The first-order valence-electron chi connectivity index (χ1n) is 10.7. The molecule has 11 heteroatoms. The molecule has 176 valence electrons. The first-order chi connectivity index (χ1) is 15.7. The van der Waals surface area contributed by atoms with E-state index in [4.69, 9.17) is 9.47 Å². The molecule has 0 bridgehead atoms. The summed E-state index contributed by atoms with van der Waals surface area (Å²) in [5.74, 6) is -0.124. The number of hydrogen-bond acceptors (Lipinski definition) is 5. The topological polar surface area (TPSA) is 73.7 Å². The standard InChI is InChI=1S/C22H22F3N3O4S/c23-22(24,25)21-26-17-3-1-2-4-18(17)28(21)14-15-7-9-27(10-8-15)33(29,30)16-5-6-19-20(13-16)32-12-11-31-19/h1-6,13,15H,7-12,14H2. The number of fused-ring (bicyclic) bond motifs is 2. The van der Waals surface area contributed by atoms with E-state index < -0.39 is 22.0 Å². The Kier molecular flexibility index (Phi) is 5.48. The molecule has 1 fully saturated rings. The molecule has 5 rings (SSSR count). The third kappa shape index (κ3) is 4.15. The minimum atomic E-state index is -4.57. The SMILES string of the molecule is O=S(=O)(c1ccc2c(c1)OCCO2)N1CCC(Cn2c(C(F)(F)F)nc3ccccc32)CC1. The van der Waals surface area contributed by atoms with Crippen molar-refractivity contribution in [1.29, 1.82) is 0 Å². The van der Waals surface area contributed by atoms with Crippen LogP contribution in [0.3, 0.4) is 0 Å². The summed E-state index contributed by atoms with van der Waals surface area (Å²) in [6, 6.07) is 11.1. The lowest BCUT2D eigenvalue weighted by Crippen LogP contribution is -2.39. The number of nitrogens with zero attached hydrogens (tertiary/aromatic N) is 3. The molecule has 0 saturated carbocycles. The smallest absolute Gasteiger partial charge is 0.449 e. The van der Waals surface area contributed by atoms with Crippen LogP contribution in [-0.4, -0.2) is 48.6 Å². The Morgan fingerprint density at radius 1 is 1.00 bits per heavy atom. The van der Waals surface area contributed by atoms with Crippen molar-refractivity contribution < 1.29 is 31.1 Å². The third-order valence-electron chi connectivity index (χ3n) is 6.07. The second-order valence-corrected chi connectivity index (χ2v) is 10.1. The maximum Gasteiger partial charge on any atom is 0.449 e. The van der Waals surface area contributed by atoms with Crippen LogP contribution >= 0.6 is 0 Å². The van der Waals surface area contributed by atoms with Crippen molar-refractivity contribution in [2.75, 3.05) is 26.3 Å². The molecule has 3 aromatic rings. The molecule has 0 unspecified atom stereocenters. The fraction of sp³-hybridized carbons (Fsp3) is 0.409. The van der Waals surface area contributed by atoms with Crippen LogP contribution in [0.4, 0.5) is 13.2 Å². The fourth-order valence-electron chi connectivity index (χ4n) is 4.40. The van der Waals surface area contributed by atoms with Crippen LogP contribution in [0.15, 0.2) is 47.4 Å². The summed E-state index contributed by atoms with van der Waals surface area (Å²) in [6.07, 6.45) is -3.66. The Balaban J connectivity index is 1.32. The number of hydrogen-bond donors (Lipinski definition) is 0. The summed E-state index contributed by atoms with van der Waals surface area (Å²) in [6.45, 7) is 1.36. The molecule has 2 aliphatic rings. The average Bonchev–Trinajstić information content (AvgIpc) is 3.18. The van der Waals surface area contributed by atoms with Gasteiger partial charge in [-0.2, -0.15) is 17.5 Å². The van der Waals surface area contributed by atoms with Gasteiger partial charge in [0.2, 0.25) is 15.8 Å². The second-order valence-electron chi connectivity index (χ2n) is 8.19. The molecule has 0 spiro atoms. The van der Waals surface area contributed by atoms with Gasteiger partial charge in [-0.3, -0.25) is 0 Å². The normalized spacial score (nSPS) is 18.0. The second kappa shape index (κ2) is 8.21. The van der Waals surface area contributed by atoms with E-state index >= 15 is 0 Å². The molecule has 3 heterocycles. The predicted octanol–water partition coefficient (Wildman–Crippen LogP) is 3.93. The maximum atomic E-state index is 13.6.